The second-order valence-corrected chi connectivity index (χ2v) is 8.33. The van der Waals surface area contributed by atoms with Gasteiger partial charge in [0.2, 0.25) is 0 Å². The van der Waals surface area contributed by atoms with Gasteiger partial charge in [-0.3, -0.25) is 4.79 Å². The molecule has 2 aromatic rings. The van der Waals surface area contributed by atoms with E-state index in [-0.39, 0.29) is 16.8 Å². The van der Waals surface area contributed by atoms with Gasteiger partial charge in [-0.15, -0.1) is 0 Å². The Labute approximate surface area is 143 Å². The topological polar surface area (TPSA) is 63.2 Å². The van der Waals surface area contributed by atoms with Crippen molar-refractivity contribution in [3.8, 4) is 0 Å². The van der Waals surface area contributed by atoms with Crippen LogP contribution in [0.5, 0.6) is 0 Å². The van der Waals surface area contributed by atoms with Crippen LogP contribution in [0.15, 0.2) is 53.4 Å². The van der Waals surface area contributed by atoms with Crippen molar-refractivity contribution < 1.29 is 13.2 Å². The van der Waals surface area contributed by atoms with Crippen LogP contribution < -0.4 is 5.32 Å². The Hall–Kier alpha value is -2.14. The second kappa shape index (κ2) is 7.18. The Kier molecular flexibility index (Phi) is 5.44. The largest absolute Gasteiger partial charge is 0.346 e. The van der Waals surface area contributed by atoms with Crippen molar-refractivity contribution in [2.75, 3.05) is 6.26 Å². The van der Waals surface area contributed by atoms with Crippen LogP contribution in [-0.4, -0.2) is 20.6 Å². The Balaban J connectivity index is 2.08. The lowest BCUT2D eigenvalue weighted by Gasteiger charge is -2.15. The minimum atomic E-state index is -3.25. The zero-order valence-corrected chi connectivity index (χ0v) is 15.2. The lowest BCUT2D eigenvalue weighted by molar-refractivity contribution is 0.0940. The third kappa shape index (κ3) is 4.45. The number of carbonyl (C=O) groups excluding carboxylic acids is 1. The first-order valence-corrected chi connectivity index (χ1v) is 9.78. The third-order valence-corrected chi connectivity index (χ3v) is 5.12. The van der Waals surface area contributed by atoms with Crippen LogP contribution in [0.1, 0.15) is 54.2 Å². The Morgan fingerprint density at radius 2 is 1.38 bits per heavy atom. The molecule has 2 rings (SSSR count). The summed E-state index contributed by atoms with van der Waals surface area (Å²) in [5.41, 5.74) is 2.72. The molecule has 1 N–H and O–H groups in total. The number of hydrogen-bond donors (Lipinski definition) is 1. The van der Waals surface area contributed by atoms with Gasteiger partial charge >= 0.3 is 0 Å². The van der Waals surface area contributed by atoms with Crippen LogP contribution in [0.3, 0.4) is 0 Å². The molecule has 0 spiro atoms. The first kappa shape index (κ1) is 18.2. The van der Waals surface area contributed by atoms with E-state index in [0.29, 0.717) is 11.5 Å². The molecule has 0 radical (unpaired) electrons. The molecule has 0 heterocycles. The maximum atomic E-state index is 12.3. The summed E-state index contributed by atoms with van der Waals surface area (Å²) in [7, 11) is -3.25. The van der Waals surface area contributed by atoms with Crippen molar-refractivity contribution in [1.29, 1.82) is 0 Å². The van der Waals surface area contributed by atoms with Crippen molar-refractivity contribution in [3.05, 3.63) is 65.2 Å². The van der Waals surface area contributed by atoms with Crippen molar-refractivity contribution in [2.45, 2.75) is 37.6 Å². The number of hydrogen-bond acceptors (Lipinski definition) is 3. The van der Waals surface area contributed by atoms with Crippen LogP contribution in [0.2, 0.25) is 0 Å². The molecule has 0 aromatic heterocycles. The van der Waals surface area contributed by atoms with E-state index in [1.807, 2.05) is 19.1 Å². The van der Waals surface area contributed by atoms with E-state index in [1.54, 1.807) is 0 Å². The lowest BCUT2D eigenvalue weighted by Crippen LogP contribution is -2.26. The molecule has 5 heteroatoms. The van der Waals surface area contributed by atoms with Gasteiger partial charge in [0.1, 0.15) is 0 Å². The zero-order chi connectivity index (χ0) is 17.9. The third-order valence-electron chi connectivity index (χ3n) is 4.00. The summed E-state index contributed by atoms with van der Waals surface area (Å²) in [6, 6.07) is 14.0. The first-order chi connectivity index (χ1) is 11.2. The second-order valence-electron chi connectivity index (χ2n) is 6.31. The molecule has 128 valence electrons. The van der Waals surface area contributed by atoms with Crippen molar-refractivity contribution in [2.24, 2.45) is 0 Å². The van der Waals surface area contributed by atoms with Crippen LogP contribution in [-0.2, 0) is 9.84 Å². The van der Waals surface area contributed by atoms with E-state index in [0.717, 1.165) is 11.8 Å². The molecule has 0 saturated carbocycles. The Morgan fingerprint density at radius 1 is 0.875 bits per heavy atom. The van der Waals surface area contributed by atoms with E-state index < -0.39 is 9.84 Å². The van der Waals surface area contributed by atoms with Crippen molar-refractivity contribution in [1.82, 2.24) is 5.32 Å². The highest BCUT2D eigenvalue weighted by atomic mass is 32.2. The standard InChI is InChI=1S/C19H23NO3S/c1-13(2)15-5-7-16(8-6-15)14(3)20-19(21)17-9-11-18(12-10-17)24(4,22)23/h5-14H,1-4H3,(H,20,21)/t14-/m0/s1. The van der Waals surface area contributed by atoms with Gasteiger partial charge in [-0.25, -0.2) is 8.42 Å². The van der Waals surface area contributed by atoms with Gasteiger partial charge < -0.3 is 5.32 Å². The molecule has 0 aliphatic heterocycles. The number of sulfone groups is 1. The molecule has 0 bridgehead atoms. The number of amides is 1. The fourth-order valence-corrected chi connectivity index (χ4v) is 3.02. The lowest BCUT2D eigenvalue weighted by atomic mass is 9.99. The van der Waals surface area contributed by atoms with Crippen LogP contribution >= 0.6 is 0 Å². The molecule has 1 atom stereocenters. The fraction of sp³-hybridized carbons (Fsp3) is 0.316. The Morgan fingerprint density at radius 3 is 1.83 bits per heavy atom. The predicted octanol–water partition coefficient (Wildman–Crippen LogP) is 3.70. The van der Waals surface area contributed by atoms with Crippen LogP contribution in [0.4, 0.5) is 0 Å². The normalized spacial score (nSPS) is 12.9. The minimum absolute atomic E-state index is 0.131. The molecule has 0 unspecified atom stereocenters. The summed E-state index contributed by atoms with van der Waals surface area (Å²) in [5.74, 6) is 0.243. The summed E-state index contributed by atoms with van der Waals surface area (Å²) in [6.45, 7) is 6.20. The molecule has 0 saturated heterocycles. The van der Waals surface area contributed by atoms with Gasteiger partial charge in [-0.1, -0.05) is 38.1 Å². The summed E-state index contributed by atoms with van der Waals surface area (Å²) < 4.78 is 22.9. The number of benzene rings is 2. The molecular formula is C19H23NO3S. The molecule has 1 amide bonds. The molecular weight excluding hydrogens is 322 g/mol. The smallest absolute Gasteiger partial charge is 0.251 e. The Bertz CT molecular complexity index is 807. The summed E-state index contributed by atoms with van der Waals surface area (Å²) in [5, 5.41) is 2.93. The molecule has 2 aromatic carbocycles. The average molecular weight is 345 g/mol. The van der Waals surface area contributed by atoms with E-state index in [2.05, 4.69) is 31.3 Å². The molecule has 0 aliphatic rings. The average Bonchev–Trinajstić information content (AvgIpc) is 2.54. The van der Waals surface area contributed by atoms with E-state index in [9.17, 15) is 13.2 Å². The van der Waals surface area contributed by atoms with Crippen molar-refractivity contribution >= 4 is 15.7 Å². The minimum Gasteiger partial charge on any atom is -0.346 e. The van der Waals surface area contributed by atoms with Gasteiger partial charge in [0.15, 0.2) is 9.84 Å². The summed E-state index contributed by atoms with van der Waals surface area (Å²) in [4.78, 5) is 12.5. The zero-order valence-electron chi connectivity index (χ0n) is 14.4. The van der Waals surface area contributed by atoms with E-state index >= 15 is 0 Å². The fourth-order valence-electron chi connectivity index (χ4n) is 2.39. The predicted molar refractivity (Wildman–Crippen MR) is 96.0 cm³/mol. The van der Waals surface area contributed by atoms with E-state index in [4.69, 9.17) is 0 Å². The maximum absolute atomic E-state index is 12.3. The quantitative estimate of drug-likeness (QED) is 0.898. The highest BCUT2D eigenvalue weighted by Crippen LogP contribution is 2.19. The summed E-state index contributed by atoms with van der Waals surface area (Å²) in [6.07, 6.45) is 1.14. The number of carbonyl (C=O) groups is 1. The van der Waals surface area contributed by atoms with Gasteiger partial charge in [-0.05, 0) is 48.2 Å². The molecule has 0 fully saturated rings. The molecule has 4 nitrogen and oxygen atoms in total. The molecule has 24 heavy (non-hydrogen) atoms. The van der Waals surface area contributed by atoms with Crippen LogP contribution in [0, 0.1) is 0 Å². The summed E-state index contributed by atoms with van der Waals surface area (Å²) >= 11 is 0. The van der Waals surface area contributed by atoms with Gasteiger partial charge in [0, 0.05) is 11.8 Å². The monoisotopic (exact) mass is 345 g/mol. The number of nitrogens with one attached hydrogen (secondary N) is 1. The number of rotatable bonds is 5. The van der Waals surface area contributed by atoms with Gasteiger partial charge in [0.25, 0.3) is 5.91 Å². The van der Waals surface area contributed by atoms with Crippen molar-refractivity contribution in [3.63, 3.8) is 0 Å². The highest BCUT2D eigenvalue weighted by molar-refractivity contribution is 7.90. The first-order valence-electron chi connectivity index (χ1n) is 7.89. The van der Waals surface area contributed by atoms with Gasteiger partial charge in [-0.2, -0.15) is 0 Å². The van der Waals surface area contributed by atoms with Crippen LogP contribution in [0.25, 0.3) is 0 Å². The highest BCUT2D eigenvalue weighted by Gasteiger charge is 2.13. The molecule has 0 aliphatic carbocycles. The SMILES string of the molecule is CC(C)c1ccc([C@H](C)NC(=O)c2ccc(S(C)(=O)=O)cc2)cc1. The van der Waals surface area contributed by atoms with E-state index in [1.165, 1.54) is 29.8 Å². The van der Waals surface area contributed by atoms with Gasteiger partial charge in [0.05, 0.1) is 10.9 Å². The maximum Gasteiger partial charge on any atom is 0.251 e.